The molecule has 0 saturated carbocycles. The smallest absolute Gasteiger partial charge is 0.188 e. The Hall–Kier alpha value is -1.16. The van der Waals surface area contributed by atoms with Gasteiger partial charge < -0.3 is 0 Å². The Morgan fingerprint density at radius 2 is 1.36 bits per heavy atom. The molecule has 0 fully saturated rings. The van der Waals surface area contributed by atoms with Crippen molar-refractivity contribution >= 4 is 10.5 Å². The Morgan fingerprint density at radius 1 is 1.07 bits per heavy atom. The molecule has 1 aromatic carbocycles. The highest BCUT2D eigenvalue weighted by atomic mass is 32.2. The van der Waals surface area contributed by atoms with Crippen LogP contribution in [0.5, 0.6) is 0 Å². The lowest BCUT2D eigenvalue weighted by Crippen LogP contribution is -1.88. The fraction of sp³-hybridized carbons (Fsp3) is 0.400. The maximum Gasteiger partial charge on any atom is 0.308 e. The van der Waals surface area contributed by atoms with E-state index in [4.69, 9.17) is 13.2 Å². The van der Waals surface area contributed by atoms with E-state index in [0.717, 1.165) is 12.8 Å². The molecule has 14 heavy (non-hydrogen) atoms. The maximum absolute atomic E-state index is 8.67. The Labute approximate surface area is 86.3 Å². The third kappa shape index (κ3) is 5.48. The fourth-order valence-corrected chi connectivity index (χ4v) is 1.25. The average molecular weight is 213 g/mol. The molecule has 0 spiro atoms. The van der Waals surface area contributed by atoms with E-state index in [9.17, 15) is 0 Å². The van der Waals surface area contributed by atoms with Crippen LogP contribution in [0.2, 0.25) is 0 Å². The van der Waals surface area contributed by atoms with E-state index in [1.54, 1.807) is 0 Å². The zero-order valence-electron chi connectivity index (χ0n) is 8.45. The molecule has 0 aliphatic rings. The first-order chi connectivity index (χ1) is 6.61. The van der Waals surface area contributed by atoms with Crippen LogP contribution in [0.3, 0.4) is 0 Å². The van der Waals surface area contributed by atoms with Crippen LogP contribution in [0.1, 0.15) is 25.0 Å². The Bertz CT molecular complexity index is 340. The first-order valence-corrected chi connectivity index (χ1v) is 5.56. The van der Waals surface area contributed by atoms with Gasteiger partial charge in [0, 0.05) is 0 Å². The molecule has 1 aromatic rings. The molecule has 1 N–H and O–H groups in total. The average Bonchev–Trinajstić information content (AvgIpc) is 2.17. The van der Waals surface area contributed by atoms with Gasteiger partial charge in [-0.15, -0.1) is 0 Å². The molecule has 0 bridgehead atoms. The van der Waals surface area contributed by atoms with Gasteiger partial charge in [-0.1, -0.05) is 38.1 Å². The second kappa shape index (κ2) is 7.26. The number of nitrogens with one attached hydrogen (secondary N) is 1. The van der Waals surface area contributed by atoms with Crippen LogP contribution in [0, 0.1) is 4.78 Å². The predicted molar refractivity (Wildman–Crippen MR) is 56.8 cm³/mol. The third-order valence-corrected chi connectivity index (χ3v) is 1.88. The molecular weight excluding hydrogens is 198 g/mol. The largest absolute Gasteiger partial charge is 0.308 e. The zero-order valence-corrected chi connectivity index (χ0v) is 9.26. The molecule has 0 aromatic heterocycles. The van der Waals surface area contributed by atoms with Crippen molar-refractivity contribution in [2.24, 2.45) is 0 Å². The van der Waals surface area contributed by atoms with E-state index in [0.29, 0.717) is 0 Å². The summed E-state index contributed by atoms with van der Waals surface area (Å²) in [6.45, 7) is 4.41. The summed E-state index contributed by atoms with van der Waals surface area (Å²) in [5, 5.41) is 0. The fourth-order valence-electron chi connectivity index (χ4n) is 1.25. The van der Waals surface area contributed by atoms with Gasteiger partial charge in [0.1, 0.15) is 0 Å². The summed E-state index contributed by atoms with van der Waals surface area (Å²) in [6, 6.07) is 8.63. The minimum Gasteiger partial charge on any atom is -0.188 e. The van der Waals surface area contributed by atoms with E-state index in [1.165, 1.54) is 11.1 Å². The van der Waals surface area contributed by atoms with E-state index in [-0.39, 0.29) is 0 Å². The van der Waals surface area contributed by atoms with Crippen LogP contribution in [0.4, 0.5) is 0 Å². The van der Waals surface area contributed by atoms with Gasteiger partial charge >= 0.3 is 10.5 Å². The molecule has 1 rings (SSSR count). The summed E-state index contributed by atoms with van der Waals surface area (Å²) in [4.78, 5) is 0. The summed E-state index contributed by atoms with van der Waals surface area (Å²) in [6.07, 6.45) is 2.31. The number of benzene rings is 1. The highest BCUT2D eigenvalue weighted by Gasteiger charge is 1.93. The van der Waals surface area contributed by atoms with E-state index >= 15 is 0 Å². The Kier molecular flexibility index (Phi) is 6.66. The lowest BCUT2D eigenvalue weighted by molar-refractivity contribution is 0.620. The predicted octanol–water partition coefficient (Wildman–Crippen LogP) is 2.44. The van der Waals surface area contributed by atoms with Gasteiger partial charge in [0.2, 0.25) is 0 Å². The molecule has 0 aliphatic heterocycles. The lowest BCUT2D eigenvalue weighted by Gasteiger charge is -2.02. The molecule has 0 heterocycles. The molecular formula is C10H15NO2S. The van der Waals surface area contributed by atoms with Gasteiger partial charge in [0.15, 0.2) is 0 Å². The van der Waals surface area contributed by atoms with Crippen molar-refractivity contribution in [1.29, 1.82) is 4.78 Å². The lowest BCUT2D eigenvalue weighted by atomic mass is 10.0. The quantitative estimate of drug-likeness (QED) is 0.820. The summed E-state index contributed by atoms with van der Waals surface area (Å²) in [5.74, 6) is 0. The number of hydrogen-bond acceptors (Lipinski definition) is 3. The number of hydrogen-bond donors (Lipinski definition) is 1. The summed E-state index contributed by atoms with van der Waals surface area (Å²) in [5.41, 5.74) is 2.98. The molecule has 0 radical (unpaired) electrons. The van der Waals surface area contributed by atoms with Crippen LogP contribution < -0.4 is 0 Å². The summed E-state index contributed by atoms with van der Waals surface area (Å²) < 4.78 is 22.8. The standard InChI is InChI=1S/C10H14.HNO2S/c1-3-9-7-5-6-8-10(9)4-2;1-4(2)3/h5-8H,3-4H2,1-2H3;1H. The molecule has 0 unspecified atom stereocenters. The highest BCUT2D eigenvalue weighted by molar-refractivity contribution is 7.60. The van der Waals surface area contributed by atoms with Crippen LogP contribution in [-0.2, 0) is 23.3 Å². The van der Waals surface area contributed by atoms with Gasteiger partial charge in [-0.2, -0.15) is 13.2 Å². The third-order valence-electron chi connectivity index (χ3n) is 1.88. The van der Waals surface area contributed by atoms with Crippen LogP contribution in [0.25, 0.3) is 0 Å². The van der Waals surface area contributed by atoms with Crippen molar-refractivity contribution in [3.8, 4) is 0 Å². The van der Waals surface area contributed by atoms with Crippen molar-refractivity contribution in [1.82, 2.24) is 0 Å². The first kappa shape index (κ1) is 12.8. The Balaban J connectivity index is 0.000000364. The second-order valence-electron chi connectivity index (χ2n) is 2.71. The maximum atomic E-state index is 8.67. The first-order valence-electron chi connectivity index (χ1n) is 4.49. The van der Waals surface area contributed by atoms with Crippen LogP contribution >= 0.6 is 0 Å². The minimum atomic E-state index is -2.61. The van der Waals surface area contributed by atoms with Crippen molar-refractivity contribution in [3.05, 3.63) is 35.4 Å². The van der Waals surface area contributed by atoms with Crippen LogP contribution in [0.15, 0.2) is 24.3 Å². The molecule has 78 valence electrons. The van der Waals surface area contributed by atoms with E-state index in [2.05, 4.69) is 38.1 Å². The molecule has 0 aliphatic carbocycles. The normalized spacial score (nSPS) is 8.71. The van der Waals surface area contributed by atoms with Gasteiger partial charge in [-0.05, 0) is 24.0 Å². The van der Waals surface area contributed by atoms with Crippen molar-refractivity contribution < 1.29 is 8.42 Å². The second-order valence-corrected chi connectivity index (χ2v) is 3.18. The number of aryl methyl sites for hydroxylation is 2. The molecule has 0 saturated heterocycles. The SMILES string of the molecule is CCc1ccccc1CC.N=S(=O)=O. The van der Waals surface area contributed by atoms with Gasteiger partial charge in [0.25, 0.3) is 0 Å². The highest BCUT2D eigenvalue weighted by Crippen LogP contribution is 2.08. The van der Waals surface area contributed by atoms with Gasteiger partial charge in [0.05, 0.1) is 0 Å². The van der Waals surface area contributed by atoms with Gasteiger partial charge in [-0.25, -0.2) is 0 Å². The van der Waals surface area contributed by atoms with Crippen LogP contribution in [-0.4, -0.2) is 8.42 Å². The van der Waals surface area contributed by atoms with Crippen molar-refractivity contribution in [2.75, 3.05) is 0 Å². The Morgan fingerprint density at radius 3 is 1.57 bits per heavy atom. The van der Waals surface area contributed by atoms with E-state index < -0.39 is 10.5 Å². The van der Waals surface area contributed by atoms with E-state index in [1.807, 2.05) is 0 Å². The summed E-state index contributed by atoms with van der Waals surface area (Å²) >= 11 is 0. The molecule has 0 atom stereocenters. The molecule has 4 heteroatoms. The van der Waals surface area contributed by atoms with Crippen molar-refractivity contribution in [3.63, 3.8) is 0 Å². The number of rotatable bonds is 2. The summed E-state index contributed by atoms with van der Waals surface area (Å²) in [7, 11) is -2.61. The topological polar surface area (TPSA) is 58.0 Å². The monoisotopic (exact) mass is 213 g/mol. The molecule has 3 nitrogen and oxygen atoms in total. The zero-order chi connectivity index (χ0) is 11.0. The van der Waals surface area contributed by atoms with Gasteiger partial charge in [-0.3, -0.25) is 0 Å². The van der Waals surface area contributed by atoms with Crippen molar-refractivity contribution in [2.45, 2.75) is 26.7 Å². The molecule has 0 amide bonds. The minimum absolute atomic E-state index is 1.16.